The minimum absolute atomic E-state index is 0.0398. The largest absolute Gasteiger partial charge is 0.304 e. The number of benzene rings is 1. The Morgan fingerprint density at radius 1 is 1.38 bits per heavy atom. The van der Waals surface area contributed by atoms with E-state index in [1.54, 1.807) is 0 Å². The van der Waals surface area contributed by atoms with Gasteiger partial charge in [-0.25, -0.2) is 4.98 Å². The first-order valence-electron chi connectivity index (χ1n) is 7.38. The number of aromatic nitrogens is 2. The summed E-state index contributed by atoms with van der Waals surface area (Å²) in [7, 11) is 2.13. The van der Waals surface area contributed by atoms with Crippen LogP contribution < -0.4 is 5.56 Å². The Labute approximate surface area is 129 Å². The van der Waals surface area contributed by atoms with E-state index in [-0.39, 0.29) is 17.5 Å². The van der Waals surface area contributed by atoms with Gasteiger partial charge in [-0.2, -0.15) is 0 Å². The smallest absolute Gasteiger partial charge is 0.261 e. The van der Waals surface area contributed by atoms with Crippen LogP contribution in [0.15, 0.2) is 29.1 Å². The third kappa shape index (κ3) is 2.58. The second-order valence-corrected chi connectivity index (χ2v) is 6.13. The van der Waals surface area contributed by atoms with Crippen LogP contribution in [0.1, 0.15) is 31.6 Å². The van der Waals surface area contributed by atoms with Crippen LogP contribution in [0.5, 0.6) is 0 Å². The highest BCUT2D eigenvalue weighted by atomic mass is 35.5. The van der Waals surface area contributed by atoms with Gasteiger partial charge >= 0.3 is 0 Å². The second-order valence-electron chi connectivity index (χ2n) is 5.86. The van der Waals surface area contributed by atoms with Crippen molar-refractivity contribution in [2.45, 2.75) is 37.7 Å². The van der Waals surface area contributed by atoms with E-state index < -0.39 is 0 Å². The topological polar surface area (TPSA) is 38.1 Å². The number of likely N-dealkylation sites (tertiary alicyclic amines) is 1. The number of rotatable bonds is 2. The molecule has 1 aromatic heterocycles. The van der Waals surface area contributed by atoms with Gasteiger partial charge in [-0.3, -0.25) is 9.36 Å². The maximum absolute atomic E-state index is 12.8. The maximum Gasteiger partial charge on any atom is 0.261 e. The quantitative estimate of drug-likeness (QED) is 0.801. The average molecular weight is 306 g/mol. The van der Waals surface area contributed by atoms with Gasteiger partial charge in [-0.05, 0) is 38.9 Å². The number of hydrogen-bond acceptors (Lipinski definition) is 3. The zero-order valence-electron chi connectivity index (χ0n) is 12.4. The van der Waals surface area contributed by atoms with Gasteiger partial charge in [0.1, 0.15) is 5.82 Å². The molecule has 0 spiro atoms. The van der Waals surface area contributed by atoms with E-state index in [4.69, 9.17) is 11.6 Å². The van der Waals surface area contributed by atoms with Crippen LogP contribution in [-0.2, 0) is 5.88 Å². The lowest BCUT2D eigenvalue weighted by Gasteiger charge is -2.36. The summed E-state index contributed by atoms with van der Waals surface area (Å²) in [5, 5.41) is 0.679. The molecule has 2 unspecified atom stereocenters. The summed E-state index contributed by atoms with van der Waals surface area (Å²) in [5.74, 6) is 0.947. The summed E-state index contributed by atoms with van der Waals surface area (Å²) >= 11 is 6.06. The van der Waals surface area contributed by atoms with Crippen LogP contribution in [0, 0.1) is 0 Å². The third-order valence-corrected chi connectivity index (χ3v) is 4.79. The monoisotopic (exact) mass is 305 g/mol. The van der Waals surface area contributed by atoms with Gasteiger partial charge in [0.25, 0.3) is 5.56 Å². The molecule has 4 nitrogen and oxygen atoms in total. The fourth-order valence-electron chi connectivity index (χ4n) is 3.16. The molecule has 1 saturated heterocycles. The second kappa shape index (κ2) is 5.78. The molecule has 0 radical (unpaired) electrons. The Bertz CT molecular complexity index is 712. The number of para-hydroxylation sites is 1. The summed E-state index contributed by atoms with van der Waals surface area (Å²) in [6.45, 7) is 3.19. The summed E-state index contributed by atoms with van der Waals surface area (Å²) < 4.78 is 1.83. The highest BCUT2D eigenvalue weighted by Gasteiger charge is 2.26. The average Bonchev–Trinajstić information content (AvgIpc) is 2.50. The maximum atomic E-state index is 12.8. The molecule has 1 aromatic carbocycles. The number of piperidine rings is 1. The Hall–Kier alpha value is -1.39. The number of hydrogen-bond donors (Lipinski definition) is 0. The van der Waals surface area contributed by atoms with E-state index in [1.165, 1.54) is 0 Å². The molecule has 0 bridgehead atoms. The van der Waals surface area contributed by atoms with E-state index in [0.29, 0.717) is 17.3 Å². The lowest BCUT2D eigenvalue weighted by molar-refractivity contribution is 0.153. The molecule has 112 valence electrons. The van der Waals surface area contributed by atoms with Gasteiger partial charge in [-0.15, -0.1) is 11.6 Å². The molecule has 2 atom stereocenters. The molecule has 0 amide bonds. The molecule has 2 heterocycles. The molecule has 3 rings (SSSR count). The predicted octanol–water partition coefficient (Wildman–Crippen LogP) is 2.79. The molecule has 0 aliphatic carbocycles. The zero-order chi connectivity index (χ0) is 15.0. The lowest BCUT2D eigenvalue weighted by Crippen LogP contribution is -2.41. The molecule has 5 heteroatoms. The summed E-state index contributed by atoms with van der Waals surface area (Å²) in [6.07, 6.45) is 1.92. The third-order valence-electron chi connectivity index (χ3n) is 4.55. The fraction of sp³-hybridized carbons (Fsp3) is 0.500. The molecule has 1 aliphatic rings. The van der Waals surface area contributed by atoms with Gasteiger partial charge in [0.2, 0.25) is 0 Å². The van der Waals surface area contributed by atoms with E-state index in [2.05, 4.69) is 23.9 Å². The number of halogens is 1. The highest BCUT2D eigenvalue weighted by molar-refractivity contribution is 6.16. The Morgan fingerprint density at radius 3 is 2.86 bits per heavy atom. The van der Waals surface area contributed by atoms with Crippen LogP contribution in [0.4, 0.5) is 0 Å². The van der Waals surface area contributed by atoms with E-state index >= 15 is 0 Å². The van der Waals surface area contributed by atoms with Crippen LogP contribution >= 0.6 is 11.6 Å². The molecule has 21 heavy (non-hydrogen) atoms. The Balaban J connectivity index is 2.13. The summed E-state index contributed by atoms with van der Waals surface area (Å²) in [5.41, 5.74) is 0.772. The van der Waals surface area contributed by atoms with Crippen molar-refractivity contribution >= 4 is 22.5 Å². The Kier molecular flexibility index (Phi) is 4.00. The first kappa shape index (κ1) is 14.5. The molecular formula is C16H20ClN3O. The first-order valence-corrected chi connectivity index (χ1v) is 7.91. The van der Waals surface area contributed by atoms with Crippen molar-refractivity contribution in [3.63, 3.8) is 0 Å². The first-order chi connectivity index (χ1) is 10.1. The van der Waals surface area contributed by atoms with Gasteiger partial charge in [0.15, 0.2) is 0 Å². The number of fused-ring (bicyclic) bond motifs is 1. The van der Waals surface area contributed by atoms with Crippen LogP contribution in [-0.4, -0.2) is 34.1 Å². The fourth-order valence-corrected chi connectivity index (χ4v) is 3.35. The van der Waals surface area contributed by atoms with Crippen molar-refractivity contribution in [3.8, 4) is 0 Å². The minimum atomic E-state index is 0.0398. The predicted molar refractivity (Wildman–Crippen MR) is 85.9 cm³/mol. The van der Waals surface area contributed by atoms with Crippen molar-refractivity contribution < 1.29 is 0 Å². The lowest BCUT2D eigenvalue weighted by atomic mass is 9.98. The molecule has 2 aromatic rings. The molecule has 1 fully saturated rings. The van der Waals surface area contributed by atoms with Gasteiger partial charge < -0.3 is 4.90 Å². The van der Waals surface area contributed by atoms with Crippen LogP contribution in [0.3, 0.4) is 0 Å². The molecule has 0 N–H and O–H groups in total. The van der Waals surface area contributed by atoms with E-state index in [9.17, 15) is 4.79 Å². The van der Waals surface area contributed by atoms with Gasteiger partial charge in [0.05, 0.1) is 16.8 Å². The number of nitrogens with zero attached hydrogens (tertiary/aromatic N) is 3. The van der Waals surface area contributed by atoms with Crippen molar-refractivity contribution in [1.29, 1.82) is 0 Å². The SMILES string of the molecule is CC1CC(n2c(CCl)nc3ccccc3c2=O)CCN1C. The van der Waals surface area contributed by atoms with Gasteiger partial charge in [-0.1, -0.05) is 12.1 Å². The summed E-state index contributed by atoms with van der Waals surface area (Å²) in [6, 6.07) is 8.15. The van der Waals surface area contributed by atoms with Crippen molar-refractivity contribution in [2.24, 2.45) is 0 Å². The Morgan fingerprint density at radius 2 is 2.14 bits per heavy atom. The van der Waals surface area contributed by atoms with Gasteiger partial charge in [0, 0.05) is 18.6 Å². The van der Waals surface area contributed by atoms with Crippen LogP contribution in [0.2, 0.25) is 0 Å². The zero-order valence-corrected chi connectivity index (χ0v) is 13.2. The van der Waals surface area contributed by atoms with E-state index in [0.717, 1.165) is 24.9 Å². The molecular weight excluding hydrogens is 286 g/mol. The van der Waals surface area contributed by atoms with Crippen molar-refractivity contribution in [3.05, 3.63) is 40.4 Å². The number of alkyl halides is 1. The normalized spacial score (nSPS) is 23.6. The highest BCUT2D eigenvalue weighted by Crippen LogP contribution is 2.26. The van der Waals surface area contributed by atoms with Crippen LogP contribution in [0.25, 0.3) is 10.9 Å². The van der Waals surface area contributed by atoms with Crippen molar-refractivity contribution in [1.82, 2.24) is 14.5 Å². The summed E-state index contributed by atoms with van der Waals surface area (Å²) in [4.78, 5) is 19.8. The van der Waals surface area contributed by atoms with Crippen molar-refractivity contribution in [2.75, 3.05) is 13.6 Å². The minimum Gasteiger partial charge on any atom is -0.304 e. The van der Waals surface area contributed by atoms with E-state index in [1.807, 2.05) is 28.8 Å². The molecule has 0 saturated carbocycles. The standard InChI is InChI=1S/C16H20ClN3O/c1-11-9-12(7-8-19(11)2)20-15(10-17)18-14-6-4-3-5-13(14)16(20)21/h3-6,11-12H,7-10H2,1-2H3. The molecule has 1 aliphatic heterocycles.